The summed E-state index contributed by atoms with van der Waals surface area (Å²) in [7, 11) is 2.18. The molecule has 0 fully saturated rings. The SMILES string of the molecule is CCCOc1ccc(C(CN)N(C)C(CC)CC)cc1. The van der Waals surface area contributed by atoms with Crippen LogP contribution < -0.4 is 10.5 Å². The molecule has 0 saturated carbocycles. The molecule has 2 N–H and O–H groups in total. The van der Waals surface area contributed by atoms with E-state index in [4.69, 9.17) is 10.5 Å². The summed E-state index contributed by atoms with van der Waals surface area (Å²) in [5.41, 5.74) is 7.27. The standard InChI is InChI=1S/C17H30N2O/c1-5-12-20-16-10-8-14(9-11-16)17(13-18)19(4)15(6-2)7-3/h8-11,15,17H,5-7,12-13,18H2,1-4H3. The largest absolute Gasteiger partial charge is 0.494 e. The molecule has 3 heteroatoms. The van der Waals surface area contributed by atoms with Crippen LogP contribution in [0.5, 0.6) is 5.75 Å². The second-order valence-electron chi connectivity index (χ2n) is 5.30. The van der Waals surface area contributed by atoms with Gasteiger partial charge in [-0.1, -0.05) is 32.9 Å². The van der Waals surface area contributed by atoms with Crippen molar-refractivity contribution in [3.63, 3.8) is 0 Å². The zero-order chi connectivity index (χ0) is 15.0. The molecule has 114 valence electrons. The summed E-state index contributed by atoms with van der Waals surface area (Å²) in [6.07, 6.45) is 3.34. The van der Waals surface area contributed by atoms with Gasteiger partial charge >= 0.3 is 0 Å². The van der Waals surface area contributed by atoms with Gasteiger partial charge in [-0.25, -0.2) is 0 Å². The van der Waals surface area contributed by atoms with E-state index in [1.807, 2.05) is 12.1 Å². The molecule has 0 saturated heterocycles. The number of likely N-dealkylation sites (N-methyl/N-ethyl adjacent to an activating group) is 1. The first-order valence-corrected chi connectivity index (χ1v) is 7.82. The molecule has 0 amide bonds. The van der Waals surface area contributed by atoms with Crippen molar-refractivity contribution in [1.82, 2.24) is 4.90 Å². The molecule has 1 atom stereocenters. The molecule has 0 radical (unpaired) electrons. The van der Waals surface area contributed by atoms with Crippen molar-refractivity contribution in [2.45, 2.75) is 52.1 Å². The van der Waals surface area contributed by atoms with E-state index in [2.05, 4.69) is 44.9 Å². The van der Waals surface area contributed by atoms with E-state index in [0.29, 0.717) is 12.6 Å². The van der Waals surface area contributed by atoms with Crippen LogP contribution in [0.3, 0.4) is 0 Å². The van der Waals surface area contributed by atoms with Gasteiger partial charge in [-0.05, 0) is 44.0 Å². The second-order valence-corrected chi connectivity index (χ2v) is 5.30. The molecule has 1 aromatic rings. The highest BCUT2D eigenvalue weighted by Crippen LogP contribution is 2.24. The molecule has 0 aliphatic rings. The lowest BCUT2D eigenvalue weighted by Gasteiger charge is -2.34. The zero-order valence-electron chi connectivity index (χ0n) is 13.4. The third-order valence-electron chi connectivity index (χ3n) is 3.97. The van der Waals surface area contributed by atoms with Gasteiger partial charge in [0.05, 0.1) is 6.61 Å². The van der Waals surface area contributed by atoms with Crippen LogP contribution in [0.1, 0.15) is 51.6 Å². The highest BCUT2D eigenvalue weighted by Gasteiger charge is 2.20. The van der Waals surface area contributed by atoms with E-state index in [0.717, 1.165) is 31.6 Å². The number of ether oxygens (including phenoxy) is 1. The maximum atomic E-state index is 6.00. The van der Waals surface area contributed by atoms with Gasteiger partial charge in [-0.15, -0.1) is 0 Å². The molecule has 0 bridgehead atoms. The smallest absolute Gasteiger partial charge is 0.119 e. The molecule has 0 aromatic heterocycles. The summed E-state index contributed by atoms with van der Waals surface area (Å²) in [6, 6.07) is 9.24. The lowest BCUT2D eigenvalue weighted by Crippen LogP contribution is -2.38. The van der Waals surface area contributed by atoms with Gasteiger partial charge in [0.15, 0.2) is 0 Å². The molecule has 1 unspecified atom stereocenters. The van der Waals surface area contributed by atoms with E-state index < -0.39 is 0 Å². The zero-order valence-corrected chi connectivity index (χ0v) is 13.4. The van der Waals surface area contributed by atoms with Crippen LogP contribution in [0.2, 0.25) is 0 Å². The lowest BCUT2D eigenvalue weighted by atomic mass is 10.0. The predicted octanol–water partition coefficient (Wildman–Crippen LogP) is 3.60. The van der Waals surface area contributed by atoms with Crippen LogP contribution in [0.15, 0.2) is 24.3 Å². The summed E-state index contributed by atoms with van der Waals surface area (Å²) in [5, 5.41) is 0. The number of hydrogen-bond acceptors (Lipinski definition) is 3. The Balaban J connectivity index is 2.78. The van der Waals surface area contributed by atoms with Crippen LogP contribution >= 0.6 is 0 Å². The van der Waals surface area contributed by atoms with Gasteiger partial charge in [-0.3, -0.25) is 4.90 Å². The molecule has 1 rings (SSSR count). The van der Waals surface area contributed by atoms with Gasteiger partial charge in [0.2, 0.25) is 0 Å². The van der Waals surface area contributed by atoms with Gasteiger partial charge in [0, 0.05) is 18.6 Å². The highest BCUT2D eigenvalue weighted by molar-refractivity contribution is 5.29. The minimum atomic E-state index is 0.278. The Kier molecular flexibility index (Phi) is 7.63. The van der Waals surface area contributed by atoms with E-state index in [1.54, 1.807) is 0 Å². The molecule has 3 nitrogen and oxygen atoms in total. The number of rotatable bonds is 9. The van der Waals surface area contributed by atoms with Crippen molar-refractivity contribution in [2.24, 2.45) is 5.73 Å². The monoisotopic (exact) mass is 278 g/mol. The van der Waals surface area contributed by atoms with Crippen LogP contribution in [0, 0.1) is 0 Å². The molecular formula is C17H30N2O. The number of benzene rings is 1. The summed E-state index contributed by atoms with van der Waals surface area (Å²) in [5.74, 6) is 0.941. The Labute approximate surface area is 124 Å². The maximum Gasteiger partial charge on any atom is 0.119 e. The Hall–Kier alpha value is -1.06. The van der Waals surface area contributed by atoms with Crippen LogP contribution in [-0.4, -0.2) is 31.1 Å². The van der Waals surface area contributed by atoms with E-state index in [1.165, 1.54) is 5.56 Å². The summed E-state index contributed by atoms with van der Waals surface area (Å²) in [4.78, 5) is 2.40. The van der Waals surface area contributed by atoms with Crippen molar-refractivity contribution in [2.75, 3.05) is 20.2 Å². The third kappa shape index (κ3) is 4.50. The molecule has 0 spiro atoms. The van der Waals surface area contributed by atoms with Gasteiger partial charge < -0.3 is 10.5 Å². The van der Waals surface area contributed by atoms with E-state index in [9.17, 15) is 0 Å². The average Bonchev–Trinajstić information content (AvgIpc) is 2.48. The fourth-order valence-electron chi connectivity index (χ4n) is 2.66. The van der Waals surface area contributed by atoms with Gasteiger partial charge in [0.25, 0.3) is 0 Å². The maximum absolute atomic E-state index is 6.00. The molecule has 0 aliphatic heterocycles. The van der Waals surface area contributed by atoms with Crippen LogP contribution in [0.4, 0.5) is 0 Å². The third-order valence-corrected chi connectivity index (χ3v) is 3.97. The topological polar surface area (TPSA) is 38.5 Å². The van der Waals surface area contributed by atoms with Gasteiger partial charge in [0.1, 0.15) is 5.75 Å². The van der Waals surface area contributed by atoms with Gasteiger partial charge in [-0.2, -0.15) is 0 Å². The fourth-order valence-corrected chi connectivity index (χ4v) is 2.66. The fraction of sp³-hybridized carbons (Fsp3) is 0.647. The first-order valence-electron chi connectivity index (χ1n) is 7.82. The number of hydrogen-bond donors (Lipinski definition) is 1. The highest BCUT2D eigenvalue weighted by atomic mass is 16.5. The second kappa shape index (κ2) is 8.98. The minimum absolute atomic E-state index is 0.278. The lowest BCUT2D eigenvalue weighted by molar-refractivity contribution is 0.167. The Morgan fingerprint density at radius 1 is 1.10 bits per heavy atom. The minimum Gasteiger partial charge on any atom is -0.494 e. The molecule has 20 heavy (non-hydrogen) atoms. The first-order chi connectivity index (χ1) is 9.67. The quantitative estimate of drug-likeness (QED) is 0.750. The van der Waals surface area contributed by atoms with Crippen LogP contribution in [-0.2, 0) is 0 Å². The van der Waals surface area contributed by atoms with Crippen molar-refractivity contribution in [1.29, 1.82) is 0 Å². The summed E-state index contributed by atoms with van der Waals surface area (Å²) in [6.45, 7) is 8.00. The molecule has 1 aromatic carbocycles. The normalized spacial score (nSPS) is 12.9. The Bertz CT molecular complexity index is 360. The van der Waals surface area contributed by atoms with Crippen molar-refractivity contribution < 1.29 is 4.74 Å². The summed E-state index contributed by atoms with van der Waals surface area (Å²) < 4.78 is 5.63. The van der Waals surface area contributed by atoms with Crippen molar-refractivity contribution in [3.05, 3.63) is 29.8 Å². The predicted molar refractivity (Wildman–Crippen MR) is 86.2 cm³/mol. The average molecular weight is 278 g/mol. The summed E-state index contributed by atoms with van der Waals surface area (Å²) >= 11 is 0. The Morgan fingerprint density at radius 3 is 2.15 bits per heavy atom. The molecule has 0 aliphatic carbocycles. The molecule has 0 heterocycles. The Morgan fingerprint density at radius 2 is 1.70 bits per heavy atom. The van der Waals surface area contributed by atoms with Crippen molar-refractivity contribution in [3.8, 4) is 5.75 Å². The van der Waals surface area contributed by atoms with Crippen LogP contribution in [0.25, 0.3) is 0 Å². The van der Waals surface area contributed by atoms with E-state index in [-0.39, 0.29) is 6.04 Å². The number of nitrogens with two attached hydrogens (primary N) is 1. The number of nitrogens with zero attached hydrogens (tertiary/aromatic N) is 1. The molecular weight excluding hydrogens is 248 g/mol. The first kappa shape index (κ1) is 17.0. The van der Waals surface area contributed by atoms with E-state index >= 15 is 0 Å². The van der Waals surface area contributed by atoms with Crippen molar-refractivity contribution >= 4 is 0 Å².